The molecule has 0 aliphatic rings. The Morgan fingerprint density at radius 1 is 1.33 bits per heavy atom. The summed E-state index contributed by atoms with van der Waals surface area (Å²) in [5.41, 5.74) is 3.76. The van der Waals surface area contributed by atoms with E-state index in [-0.39, 0.29) is 25.0 Å². The second-order valence-electron chi connectivity index (χ2n) is 5.23. The van der Waals surface area contributed by atoms with Crippen molar-refractivity contribution in [2.45, 2.75) is 32.7 Å². The van der Waals surface area contributed by atoms with Crippen molar-refractivity contribution >= 4 is 5.91 Å². The molecule has 0 unspecified atom stereocenters. The lowest BCUT2D eigenvalue weighted by Gasteiger charge is -2.16. The van der Waals surface area contributed by atoms with Gasteiger partial charge in [0.25, 0.3) is 0 Å². The van der Waals surface area contributed by atoms with E-state index >= 15 is 0 Å². The van der Waals surface area contributed by atoms with Gasteiger partial charge >= 0.3 is 0 Å². The standard InChI is InChI=1S/C16H21N3O2/c1-11-15(12(2)19-18-11)9-16(21)17-14(10-20)8-13-6-4-3-5-7-13/h3-7,14,20H,8-10H2,1-2H3,(H,17,21)(H,18,19)/t14-/m0/s1. The molecule has 0 spiro atoms. The van der Waals surface area contributed by atoms with Crippen LogP contribution in [0, 0.1) is 13.8 Å². The smallest absolute Gasteiger partial charge is 0.224 e. The zero-order valence-electron chi connectivity index (χ0n) is 12.4. The third-order valence-corrected chi connectivity index (χ3v) is 3.53. The van der Waals surface area contributed by atoms with Gasteiger partial charge in [0, 0.05) is 11.3 Å². The van der Waals surface area contributed by atoms with E-state index in [2.05, 4.69) is 15.5 Å². The number of aromatic amines is 1. The molecule has 112 valence electrons. The highest BCUT2D eigenvalue weighted by Crippen LogP contribution is 2.10. The number of rotatable bonds is 6. The average molecular weight is 287 g/mol. The predicted molar refractivity (Wildman–Crippen MR) is 80.9 cm³/mol. The van der Waals surface area contributed by atoms with E-state index in [9.17, 15) is 9.90 Å². The summed E-state index contributed by atoms with van der Waals surface area (Å²) < 4.78 is 0. The molecule has 0 aliphatic heterocycles. The second-order valence-corrected chi connectivity index (χ2v) is 5.23. The number of benzene rings is 1. The van der Waals surface area contributed by atoms with Crippen LogP contribution in [0.1, 0.15) is 22.5 Å². The second kappa shape index (κ2) is 7.04. The number of aromatic nitrogens is 2. The minimum atomic E-state index is -0.271. The number of amides is 1. The Balaban J connectivity index is 1.94. The van der Waals surface area contributed by atoms with Gasteiger partial charge in [-0.2, -0.15) is 5.10 Å². The molecule has 0 aliphatic carbocycles. The summed E-state index contributed by atoms with van der Waals surface area (Å²) in [6.45, 7) is 3.69. The first kappa shape index (κ1) is 15.3. The number of aliphatic hydroxyl groups excluding tert-OH is 1. The lowest BCUT2D eigenvalue weighted by Crippen LogP contribution is -2.40. The van der Waals surface area contributed by atoms with Gasteiger partial charge in [0.05, 0.1) is 24.8 Å². The quantitative estimate of drug-likeness (QED) is 0.749. The average Bonchev–Trinajstić information content (AvgIpc) is 2.79. The molecule has 0 saturated carbocycles. The van der Waals surface area contributed by atoms with E-state index in [0.29, 0.717) is 6.42 Å². The first-order chi connectivity index (χ1) is 10.1. The Morgan fingerprint density at radius 3 is 2.62 bits per heavy atom. The number of H-pyrrole nitrogens is 1. The summed E-state index contributed by atoms with van der Waals surface area (Å²) in [7, 11) is 0. The summed E-state index contributed by atoms with van der Waals surface area (Å²) in [4.78, 5) is 12.1. The molecule has 1 heterocycles. The van der Waals surface area contributed by atoms with Crippen LogP contribution in [0.25, 0.3) is 0 Å². The van der Waals surface area contributed by atoms with Gasteiger partial charge in [-0.15, -0.1) is 0 Å². The number of aryl methyl sites for hydroxylation is 2. The van der Waals surface area contributed by atoms with Crippen LogP contribution in [0.3, 0.4) is 0 Å². The van der Waals surface area contributed by atoms with Crippen molar-refractivity contribution in [3.05, 3.63) is 52.8 Å². The van der Waals surface area contributed by atoms with Crippen molar-refractivity contribution in [1.29, 1.82) is 0 Å². The summed E-state index contributed by atoms with van der Waals surface area (Å²) in [5.74, 6) is -0.0995. The molecular weight excluding hydrogens is 266 g/mol. The number of hydrogen-bond acceptors (Lipinski definition) is 3. The maximum absolute atomic E-state index is 12.1. The third kappa shape index (κ3) is 4.16. The first-order valence-corrected chi connectivity index (χ1v) is 7.04. The Kier molecular flexibility index (Phi) is 5.11. The van der Waals surface area contributed by atoms with Crippen molar-refractivity contribution in [3.8, 4) is 0 Å². The van der Waals surface area contributed by atoms with E-state index < -0.39 is 0 Å². The van der Waals surface area contributed by atoms with Crippen molar-refractivity contribution < 1.29 is 9.90 Å². The van der Waals surface area contributed by atoms with Crippen LogP contribution in [-0.2, 0) is 17.6 Å². The minimum Gasteiger partial charge on any atom is -0.394 e. The molecule has 0 bridgehead atoms. The maximum atomic E-state index is 12.1. The SMILES string of the molecule is Cc1n[nH]c(C)c1CC(=O)N[C@H](CO)Cc1ccccc1. The molecule has 1 aromatic heterocycles. The van der Waals surface area contributed by atoms with Gasteiger partial charge in [0.15, 0.2) is 0 Å². The fraction of sp³-hybridized carbons (Fsp3) is 0.375. The summed E-state index contributed by atoms with van der Waals surface area (Å²) in [6.07, 6.45) is 0.895. The molecular formula is C16H21N3O2. The molecule has 21 heavy (non-hydrogen) atoms. The number of aliphatic hydroxyl groups is 1. The van der Waals surface area contributed by atoms with Crippen molar-refractivity contribution in [1.82, 2.24) is 15.5 Å². The number of nitrogens with one attached hydrogen (secondary N) is 2. The number of hydrogen-bond donors (Lipinski definition) is 3. The van der Waals surface area contributed by atoms with Crippen LogP contribution in [0.15, 0.2) is 30.3 Å². The molecule has 1 atom stereocenters. The van der Waals surface area contributed by atoms with Gasteiger partial charge in [-0.1, -0.05) is 30.3 Å². The number of nitrogens with zero attached hydrogens (tertiary/aromatic N) is 1. The Bertz CT molecular complexity index is 573. The van der Waals surface area contributed by atoms with Crippen molar-refractivity contribution in [2.24, 2.45) is 0 Å². The highest BCUT2D eigenvalue weighted by Gasteiger charge is 2.15. The first-order valence-electron chi connectivity index (χ1n) is 7.04. The molecule has 5 heteroatoms. The van der Waals surface area contributed by atoms with E-state index in [4.69, 9.17) is 0 Å². The molecule has 5 nitrogen and oxygen atoms in total. The van der Waals surface area contributed by atoms with E-state index in [1.807, 2.05) is 44.2 Å². The van der Waals surface area contributed by atoms with Crippen LogP contribution in [0.2, 0.25) is 0 Å². The summed E-state index contributed by atoms with van der Waals surface area (Å²) in [5, 5.41) is 19.3. The minimum absolute atomic E-state index is 0.0794. The van der Waals surface area contributed by atoms with Crippen molar-refractivity contribution in [3.63, 3.8) is 0 Å². The third-order valence-electron chi connectivity index (χ3n) is 3.53. The molecule has 1 aromatic carbocycles. The molecule has 0 saturated heterocycles. The van der Waals surface area contributed by atoms with Gasteiger partial charge in [-0.25, -0.2) is 0 Å². The topological polar surface area (TPSA) is 78.0 Å². The monoisotopic (exact) mass is 287 g/mol. The van der Waals surface area contributed by atoms with E-state index in [1.54, 1.807) is 0 Å². The van der Waals surface area contributed by atoms with Crippen LogP contribution >= 0.6 is 0 Å². The lowest BCUT2D eigenvalue weighted by molar-refractivity contribution is -0.121. The van der Waals surface area contributed by atoms with Crippen LogP contribution in [-0.4, -0.2) is 33.9 Å². The van der Waals surface area contributed by atoms with Crippen molar-refractivity contribution in [2.75, 3.05) is 6.61 Å². The highest BCUT2D eigenvalue weighted by molar-refractivity contribution is 5.79. The van der Waals surface area contributed by atoms with Gasteiger partial charge in [-0.05, 0) is 25.8 Å². The van der Waals surface area contributed by atoms with Crippen LogP contribution in [0.4, 0.5) is 0 Å². The van der Waals surface area contributed by atoms with E-state index in [0.717, 1.165) is 22.5 Å². The van der Waals surface area contributed by atoms with Crippen LogP contribution in [0.5, 0.6) is 0 Å². The molecule has 1 amide bonds. The van der Waals surface area contributed by atoms with Gasteiger partial charge in [0.2, 0.25) is 5.91 Å². The zero-order chi connectivity index (χ0) is 15.2. The summed E-state index contributed by atoms with van der Waals surface area (Å²) >= 11 is 0. The lowest BCUT2D eigenvalue weighted by atomic mass is 10.1. The molecule has 3 N–H and O–H groups in total. The van der Waals surface area contributed by atoms with Gasteiger partial charge < -0.3 is 10.4 Å². The fourth-order valence-electron chi connectivity index (χ4n) is 2.33. The zero-order valence-corrected chi connectivity index (χ0v) is 12.4. The number of carbonyl (C=O) groups excluding carboxylic acids is 1. The van der Waals surface area contributed by atoms with Gasteiger partial charge in [0.1, 0.15) is 0 Å². The Labute approximate surface area is 124 Å². The fourth-order valence-corrected chi connectivity index (χ4v) is 2.33. The predicted octanol–water partition coefficient (Wildman–Crippen LogP) is 1.29. The Hall–Kier alpha value is -2.14. The molecule has 2 rings (SSSR count). The molecule has 0 radical (unpaired) electrons. The summed E-state index contributed by atoms with van der Waals surface area (Å²) in [6, 6.07) is 9.54. The molecule has 0 fully saturated rings. The molecule has 2 aromatic rings. The highest BCUT2D eigenvalue weighted by atomic mass is 16.3. The largest absolute Gasteiger partial charge is 0.394 e. The number of carbonyl (C=O) groups is 1. The van der Waals surface area contributed by atoms with Crippen LogP contribution < -0.4 is 5.32 Å². The Morgan fingerprint density at radius 2 is 2.05 bits per heavy atom. The van der Waals surface area contributed by atoms with Gasteiger partial charge in [-0.3, -0.25) is 9.89 Å². The maximum Gasteiger partial charge on any atom is 0.224 e. The van der Waals surface area contributed by atoms with E-state index in [1.165, 1.54) is 0 Å². The normalized spacial score (nSPS) is 12.1.